The van der Waals surface area contributed by atoms with E-state index in [1.807, 2.05) is 4.90 Å². The highest BCUT2D eigenvalue weighted by Crippen LogP contribution is 2.35. The number of rotatable bonds is 7. The minimum atomic E-state index is -4.97. The van der Waals surface area contributed by atoms with Gasteiger partial charge in [0.25, 0.3) is 0 Å². The number of carbonyl (C=O) groups is 1. The van der Waals surface area contributed by atoms with Crippen LogP contribution in [0.2, 0.25) is 0 Å². The second kappa shape index (κ2) is 10.5. The maximum Gasteiger partial charge on any atom is 0.573 e. The van der Waals surface area contributed by atoms with Crippen molar-refractivity contribution < 1.29 is 32.5 Å². The summed E-state index contributed by atoms with van der Waals surface area (Å²) in [6.45, 7) is 5.62. The number of phenolic OH excluding ortho intramolecular Hbond substituents is 1. The second-order valence-electron chi connectivity index (χ2n) is 7.66. The fraction of sp³-hybridized carbons (Fsp3) is 0.208. The molecule has 0 spiro atoms. The van der Waals surface area contributed by atoms with Crippen LogP contribution in [0.4, 0.5) is 36.2 Å². The van der Waals surface area contributed by atoms with Gasteiger partial charge in [-0.15, -0.1) is 13.2 Å². The zero-order valence-electron chi connectivity index (χ0n) is 18.9. The van der Waals surface area contributed by atoms with Crippen molar-refractivity contribution in [1.82, 2.24) is 9.97 Å². The molecule has 9 nitrogen and oxygen atoms in total. The van der Waals surface area contributed by atoms with Gasteiger partial charge in [-0.3, -0.25) is 4.79 Å². The Balaban J connectivity index is 1.67. The Labute approximate surface area is 204 Å². The summed E-state index contributed by atoms with van der Waals surface area (Å²) >= 11 is 0. The summed E-state index contributed by atoms with van der Waals surface area (Å²) in [7, 11) is 0. The number of anilines is 4. The van der Waals surface area contributed by atoms with Crippen molar-refractivity contribution >= 4 is 28.9 Å². The van der Waals surface area contributed by atoms with E-state index < -0.39 is 18.0 Å². The van der Waals surface area contributed by atoms with Gasteiger partial charge in [0.05, 0.1) is 25.1 Å². The Bertz CT molecular complexity index is 1260. The van der Waals surface area contributed by atoms with Crippen LogP contribution in [0.3, 0.4) is 0 Å². The average molecular weight is 501 g/mol. The zero-order chi connectivity index (χ0) is 25.7. The first-order valence-electron chi connectivity index (χ1n) is 10.8. The summed E-state index contributed by atoms with van der Waals surface area (Å²) in [6.07, 6.45) is -2.98. The lowest BCUT2D eigenvalue weighted by molar-refractivity contribution is -0.274. The summed E-state index contributed by atoms with van der Waals surface area (Å²) in [5.41, 5.74) is 1.52. The highest BCUT2D eigenvalue weighted by molar-refractivity contribution is 5.99. The van der Waals surface area contributed by atoms with Crippen LogP contribution in [-0.2, 0) is 9.53 Å². The number of carbonyl (C=O) groups excluding carboxylic acids is 1. The van der Waals surface area contributed by atoms with Crippen LogP contribution in [-0.4, -0.2) is 53.6 Å². The number of nitrogens with one attached hydrogen (secondary N) is 2. The number of alkyl halides is 3. The van der Waals surface area contributed by atoms with Gasteiger partial charge < -0.3 is 30.1 Å². The number of hydrogen-bond donors (Lipinski definition) is 3. The molecule has 3 aromatic rings. The predicted molar refractivity (Wildman–Crippen MR) is 127 cm³/mol. The Hall–Kier alpha value is -4.32. The van der Waals surface area contributed by atoms with Gasteiger partial charge in [0.2, 0.25) is 11.9 Å². The van der Waals surface area contributed by atoms with Crippen molar-refractivity contribution in [3.05, 3.63) is 61.3 Å². The van der Waals surface area contributed by atoms with Gasteiger partial charge >= 0.3 is 6.36 Å². The summed E-state index contributed by atoms with van der Waals surface area (Å²) in [6, 6.07) is 10.9. The van der Waals surface area contributed by atoms with Crippen LogP contribution >= 0.6 is 0 Å². The molecule has 1 fully saturated rings. The number of nitrogens with zero attached hydrogens (tertiary/aromatic N) is 3. The van der Waals surface area contributed by atoms with Crippen LogP contribution in [0, 0.1) is 0 Å². The third kappa shape index (κ3) is 6.21. The van der Waals surface area contributed by atoms with Crippen molar-refractivity contribution in [3.8, 4) is 22.8 Å². The first-order valence-corrected chi connectivity index (χ1v) is 10.8. The van der Waals surface area contributed by atoms with E-state index in [0.29, 0.717) is 43.4 Å². The summed E-state index contributed by atoms with van der Waals surface area (Å²) in [5.74, 6) is -1.01. The van der Waals surface area contributed by atoms with Crippen molar-refractivity contribution in [2.45, 2.75) is 6.36 Å². The quantitative estimate of drug-likeness (QED) is 0.322. The Morgan fingerprint density at radius 1 is 1.17 bits per heavy atom. The van der Waals surface area contributed by atoms with Gasteiger partial charge in [-0.1, -0.05) is 18.7 Å². The number of benzene rings is 2. The molecule has 1 aliphatic heterocycles. The average Bonchev–Trinajstić information content (AvgIpc) is 2.86. The molecule has 3 N–H and O–H groups in total. The lowest BCUT2D eigenvalue weighted by Crippen LogP contribution is -2.36. The lowest BCUT2D eigenvalue weighted by Gasteiger charge is -2.29. The van der Waals surface area contributed by atoms with Gasteiger partial charge in [0.15, 0.2) is 5.75 Å². The molecule has 0 bridgehead atoms. The van der Waals surface area contributed by atoms with E-state index in [0.717, 1.165) is 12.3 Å². The van der Waals surface area contributed by atoms with Crippen molar-refractivity contribution in [2.75, 3.05) is 41.8 Å². The summed E-state index contributed by atoms with van der Waals surface area (Å²) in [4.78, 5) is 21.8. The fourth-order valence-corrected chi connectivity index (χ4v) is 3.56. The van der Waals surface area contributed by atoms with Crippen molar-refractivity contribution in [1.29, 1.82) is 0 Å². The van der Waals surface area contributed by atoms with Crippen molar-refractivity contribution in [3.63, 3.8) is 0 Å². The molecule has 0 atom stereocenters. The van der Waals surface area contributed by atoms with Gasteiger partial charge in [0, 0.05) is 30.0 Å². The zero-order valence-corrected chi connectivity index (χ0v) is 18.9. The SMILES string of the molecule is C=CC(=O)Nc1cccc(-c2nc(Nc3ccc(O)c(N4CCOCC4)c3)ncc2OC(F)(F)F)c1. The molecule has 0 saturated carbocycles. The first-order chi connectivity index (χ1) is 17.2. The molecule has 1 aliphatic rings. The van der Waals surface area contributed by atoms with Crippen LogP contribution in [0.15, 0.2) is 61.3 Å². The second-order valence-corrected chi connectivity index (χ2v) is 7.66. The van der Waals surface area contributed by atoms with E-state index in [-0.39, 0.29) is 23.0 Å². The Kier molecular flexibility index (Phi) is 7.25. The molecule has 2 heterocycles. The molecular weight excluding hydrogens is 479 g/mol. The molecule has 0 radical (unpaired) electrons. The fourth-order valence-electron chi connectivity index (χ4n) is 3.56. The molecule has 0 unspecified atom stereocenters. The molecule has 1 saturated heterocycles. The van der Waals surface area contributed by atoms with E-state index in [2.05, 4.69) is 31.9 Å². The van der Waals surface area contributed by atoms with Crippen LogP contribution < -0.4 is 20.3 Å². The van der Waals surface area contributed by atoms with E-state index in [4.69, 9.17) is 4.74 Å². The van der Waals surface area contributed by atoms with E-state index in [1.165, 1.54) is 18.2 Å². The summed E-state index contributed by atoms with van der Waals surface area (Å²) in [5, 5.41) is 15.8. The van der Waals surface area contributed by atoms with E-state index >= 15 is 0 Å². The molecule has 188 valence electrons. The van der Waals surface area contributed by atoms with E-state index in [9.17, 15) is 23.1 Å². The van der Waals surface area contributed by atoms with Gasteiger partial charge in [-0.05, 0) is 36.4 Å². The molecule has 1 amide bonds. The number of aromatic nitrogens is 2. The third-order valence-electron chi connectivity index (χ3n) is 5.15. The van der Waals surface area contributed by atoms with Crippen LogP contribution in [0.5, 0.6) is 11.5 Å². The molecule has 36 heavy (non-hydrogen) atoms. The predicted octanol–water partition coefficient (Wildman–Crippen LogP) is 4.45. The Morgan fingerprint density at radius 3 is 2.67 bits per heavy atom. The Morgan fingerprint density at radius 2 is 1.94 bits per heavy atom. The number of amides is 1. The maximum atomic E-state index is 13.0. The third-order valence-corrected chi connectivity index (χ3v) is 5.15. The van der Waals surface area contributed by atoms with Gasteiger partial charge in [-0.2, -0.15) is 0 Å². The van der Waals surface area contributed by atoms with Crippen molar-refractivity contribution in [2.24, 2.45) is 0 Å². The topological polar surface area (TPSA) is 109 Å². The standard InChI is InChI=1S/C24H22F3N5O4/c1-2-21(34)29-16-5-3-4-15(12-16)22-20(36-24(25,26)27)14-28-23(31-22)30-17-6-7-19(33)18(13-17)32-8-10-35-11-9-32/h2-7,12-14,33H,1,8-11H2,(H,29,34)(H,28,30,31). The van der Waals surface area contributed by atoms with Gasteiger partial charge in [-0.25, -0.2) is 9.97 Å². The minimum absolute atomic E-state index is 0.00123. The minimum Gasteiger partial charge on any atom is -0.506 e. The maximum absolute atomic E-state index is 13.0. The molecule has 1 aromatic heterocycles. The smallest absolute Gasteiger partial charge is 0.506 e. The number of hydrogen-bond acceptors (Lipinski definition) is 8. The van der Waals surface area contributed by atoms with Crippen LogP contribution in [0.25, 0.3) is 11.3 Å². The lowest BCUT2D eigenvalue weighted by atomic mass is 10.1. The number of aromatic hydroxyl groups is 1. The number of halogens is 3. The molecule has 0 aliphatic carbocycles. The monoisotopic (exact) mass is 501 g/mol. The number of phenols is 1. The number of morpholine rings is 1. The number of ether oxygens (including phenoxy) is 2. The molecular formula is C24H22F3N5O4. The highest BCUT2D eigenvalue weighted by atomic mass is 19.4. The van der Waals surface area contributed by atoms with Gasteiger partial charge in [0.1, 0.15) is 11.4 Å². The normalized spacial score (nSPS) is 13.7. The van der Waals surface area contributed by atoms with E-state index in [1.54, 1.807) is 24.3 Å². The first kappa shape index (κ1) is 24.8. The largest absolute Gasteiger partial charge is 0.573 e. The van der Waals surface area contributed by atoms with Crippen LogP contribution in [0.1, 0.15) is 0 Å². The summed E-state index contributed by atoms with van der Waals surface area (Å²) < 4.78 is 48.6. The molecule has 12 heteroatoms. The highest BCUT2D eigenvalue weighted by Gasteiger charge is 2.33. The molecule has 2 aromatic carbocycles. The molecule has 4 rings (SSSR count).